The van der Waals surface area contributed by atoms with Gasteiger partial charge in [-0.1, -0.05) is 0 Å². The molecule has 0 radical (unpaired) electrons. The van der Waals surface area contributed by atoms with Crippen molar-refractivity contribution in [1.29, 1.82) is 0 Å². The van der Waals surface area contributed by atoms with Gasteiger partial charge in [0.15, 0.2) is 0 Å². The molecule has 0 aliphatic rings. The molecule has 0 fully saturated rings. The van der Waals surface area contributed by atoms with Gasteiger partial charge in [0.1, 0.15) is 0 Å². The largest absolute Gasteiger partial charge is 0.356 e. The first kappa shape index (κ1) is 13.0. The van der Waals surface area contributed by atoms with Gasteiger partial charge in [0.25, 0.3) is 0 Å². The van der Waals surface area contributed by atoms with Gasteiger partial charge < -0.3 is 4.98 Å². The molecule has 0 unspecified atom stereocenters. The van der Waals surface area contributed by atoms with Crippen molar-refractivity contribution >= 4 is 17.5 Å². The van der Waals surface area contributed by atoms with E-state index in [1.54, 1.807) is 11.8 Å². The average Bonchev–Trinajstić information content (AvgIpc) is 2.66. The Kier molecular flexibility index (Phi) is 3.62. The highest BCUT2D eigenvalue weighted by molar-refractivity contribution is 7.98. The molecule has 1 N–H and O–H groups in total. The third-order valence-electron chi connectivity index (χ3n) is 3.39. The number of hydrogen-bond donors (Lipinski definition) is 1. The predicted octanol–water partition coefficient (Wildman–Crippen LogP) is 3.89. The van der Waals surface area contributed by atoms with Crippen molar-refractivity contribution in [2.75, 3.05) is 6.26 Å². The number of carbonyl (C=O) groups excluding carboxylic acids is 1. The number of benzene rings is 1. The van der Waals surface area contributed by atoms with Crippen LogP contribution in [-0.2, 0) is 0 Å². The summed E-state index contributed by atoms with van der Waals surface area (Å²) in [7, 11) is 0. The van der Waals surface area contributed by atoms with Crippen molar-refractivity contribution in [3.05, 3.63) is 52.3 Å². The van der Waals surface area contributed by atoms with E-state index in [9.17, 15) is 4.79 Å². The standard InChI is InChI=1S/C15H17NOS/c1-9-10(2)14(16-11(9)3)15(17)12-5-7-13(18-4)8-6-12/h5-8,16H,1-4H3. The summed E-state index contributed by atoms with van der Waals surface area (Å²) in [5, 5.41) is 0. The molecule has 2 nitrogen and oxygen atoms in total. The van der Waals surface area contributed by atoms with Gasteiger partial charge in [0, 0.05) is 16.2 Å². The molecule has 18 heavy (non-hydrogen) atoms. The third kappa shape index (κ3) is 2.23. The molecule has 1 aromatic heterocycles. The van der Waals surface area contributed by atoms with Crippen molar-refractivity contribution in [3.63, 3.8) is 0 Å². The minimum Gasteiger partial charge on any atom is -0.356 e. The van der Waals surface area contributed by atoms with E-state index in [1.165, 1.54) is 10.5 Å². The maximum atomic E-state index is 12.4. The summed E-state index contributed by atoms with van der Waals surface area (Å²) in [4.78, 5) is 16.7. The zero-order chi connectivity index (χ0) is 13.3. The van der Waals surface area contributed by atoms with E-state index in [0.717, 1.165) is 16.8 Å². The molecular weight excluding hydrogens is 242 g/mol. The van der Waals surface area contributed by atoms with Gasteiger partial charge in [-0.15, -0.1) is 11.8 Å². The normalized spacial score (nSPS) is 10.7. The fraction of sp³-hybridized carbons (Fsp3) is 0.267. The number of thioether (sulfide) groups is 1. The molecule has 2 aromatic rings. The quantitative estimate of drug-likeness (QED) is 0.670. The van der Waals surface area contributed by atoms with Crippen molar-refractivity contribution in [2.45, 2.75) is 25.7 Å². The Morgan fingerprint density at radius 3 is 2.11 bits per heavy atom. The monoisotopic (exact) mass is 259 g/mol. The summed E-state index contributed by atoms with van der Waals surface area (Å²) < 4.78 is 0. The number of carbonyl (C=O) groups is 1. The molecule has 1 heterocycles. The van der Waals surface area contributed by atoms with E-state index in [2.05, 4.69) is 4.98 Å². The Morgan fingerprint density at radius 2 is 1.67 bits per heavy atom. The van der Waals surface area contributed by atoms with Crippen molar-refractivity contribution in [1.82, 2.24) is 4.98 Å². The Labute approximate surface area is 112 Å². The maximum absolute atomic E-state index is 12.4. The molecule has 0 saturated heterocycles. The molecule has 0 aliphatic carbocycles. The number of aromatic amines is 1. The SMILES string of the molecule is CSc1ccc(C(=O)c2[nH]c(C)c(C)c2C)cc1. The molecule has 3 heteroatoms. The van der Waals surface area contributed by atoms with Crippen LogP contribution in [0.2, 0.25) is 0 Å². The Hall–Kier alpha value is -1.48. The van der Waals surface area contributed by atoms with E-state index < -0.39 is 0 Å². The van der Waals surface area contributed by atoms with Crippen LogP contribution in [0.5, 0.6) is 0 Å². The van der Waals surface area contributed by atoms with Gasteiger partial charge in [-0.3, -0.25) is 4.79 Å². The Morgan fingerprint density at radius 1 is 1.06 bits per heavy atom. The van der Waals surface area contributed by atoms with Crippen LogP contribution in [0.25, 0.3) is 0 Å². The second-order valence-electron chi connectivity index (χ2n) is 4.43. The fourth-order valence-corrected chi connectivity index (χ4v) is 2.37. The lowest BCUT2D eigenvalue weighted by Gasteiger charge is -2.02. The molecule has 0 amide bonds. The summed E-state index contributed by atoms with van der Waals surface area (Å²) in [5.74, 6) is 0.0661. The number of aromatic nitrogens is 1. The molecule has 0 spiro atoms. The number of hydrogen-bond acceptors (Lipinski definition) is 2. The summed E-state index contributed by atoms with van der Waals surface area (Å²) in [5.41, 5.74) is 4.72. The van der Waals surface area contributed by atoms with Crippen LogP contribution in [0.1, 0.15) is 32.9 Å². The van der Waals surface area contributed by atoms with Gasteiger partial charge in [-0.2, -0.15) is 0 Å². The lowest BCUT2D eigenvalue weighted by Crippen LogP contribution is -2.03. The average molecular weight is 259 g/mol. The van der Waals surface area contributed by atoms with Gasteiger partial charge in [-0.25, -0.2) is 0 Å². The van der Waals surface area contributed by atoms with E-state index in [4.69, 9.17) is 0 Å². The number of ketones is 1. The van der Waals surface area contributed by atoms with Crippen molar-refractivity contribution in [2.24, 2.45) is 0 Å². The summed E-state index contributed by atoms with van der Waals surface area (Å²) in [6.45, 7) is 6.02. The van der Waals surface area contributed by atoms with Crippen LogP contribution in [0.4, 0.5) is 0 Å². The minimum absolute atomic E-state index is 0.0661. The molecule has 2 rings (SSSR count). The Bertz CT molecular complexity index is 581. The van der Waals surface area contributed by atoms with Gasteiger partial charge in [0.05, 0.1) is 5.69 Å². The lowest BCUT2D eigenvalue weighted by molar-refractivity contribution is 0.103. The van der Waals surface area contributed by atoms with Crippen LogP contribution < -0.4 is 0 Å². The van der Waals surface area contributed by atoms with Crippen LogP contribution in [0.3, 0.4) is 0 Å². The molecule has 94 valence electrons. The highest BCUT2D eigenvalue weighted by Crippen LogP contribution is 2.21. The topological polar surface area (TPSA) is 32.9 Å². The van der Waals surface area contributed by atoms with Gasteiger partial charge in [-0.05, 0) is 62.4 Å². The predicted molar refractivity (Wildman–Crippen MR) is 76.7 cm³/mol. The number of H-pyrrole nitrogens is 1. The third-order valence-corrected chi connectivity index (χ3v) is 4.14. The number of rotatable bonds is 3. The first-order valence-electron chi connectivity index (χ1n) is 5.89. The van der Waals surface area contributed by atoms with Crippen LogP contribution in [0.15, 0.2) is 29.2 Å². The van der Waals surface area contributed by atoms with Crippen LogP contribution >= 0.6 is 11.8 Å². The smallest absolute Gasteiger partial charge is 0.209 e. The summed E-state index contributed by atoms with van der Waals surface area (Å²) in [6.07, 6.45) is 2.03. The first-order valence-corrected chi connectivity index (χ1v) is 7.11. The van der Waals surface area contributed by atoms with Crippen LogP contribution in [0, 0.1) is 20.8 Å². The molecular formula is C15H17NOS. The van der Waals surface area contributed by atoms with E-state index in [-0.39, 0.29) is 5.78 Å². The van der Waals surface area contributed by atoms with Crippen molar-refractivity contribution < 1.29 is 4.79 Å². The molecule has 0 bridgehead atoms. The first-order chi connectivity index (χ1) is 8.54. The minimum atomic E-state index is 0.0661. The molecule has 0 atom stereocenters. The maximum Gasteiger partial charge on any atom is 0.209 e. The second-order valence-corrected chi connectivity index (χ2v) is 5.31. The van der Waals surface area contributed by atoms with E-state index in [0.29, 0.717) is 5.69 Å². The summed E-state index contributed by atoms with van der Waals surface area (Å²) in [6, 6.07) is 7.74. The lowest BCUT2D eigenvalue weighted by atomic mass is 10.0. The molecule has 0 aliphatic heterocycles. The van der Waals surface area contributed by atoms with Gasteiger partial charge in [0.2, 0.25) is 5.78 Å². The fourth-order valence-electron chi connectivity index (χ4n) is 1.96. The van der Waals surface area contributed by atoms with Crippen LogP contribution in [-0.4, -0.2) is 17.0 Å². The van der Waals surface area contributed by atoms with E-state index in [1.807, 2.05) is 51.3 Å². The highest BCUT2D eigenvalue weighted by Gasteiger charge is 2.16. The number of nitrogens with one attached hydrogen (secondary N) is 1. The second kappa shape index (κ2) is 5.02. The van der Waals surface area contributed by atoms with E-state index >= 15 is 0 Å². The summed E-state index contributed by atoms with van der Waals surface area (Å²) >= 11 is 1.68. The van der Waals surface area contributed by atoms with Gasteiger partial charge >= 0.3 is 0 Å². The zero-order valence-corrected chi connectivity index (χ0v) is 11.9. The zero-order valence-electron chi connectivity index (χ0n) is 11.1. The molecule has 0 saturated carbocycles. The highest BCUT2D eigenvalue weighted by atomic mass is 32.2. The number of aryl methyl sites for hydroxylation is 1. The van der Waals surface area contributed by atoms with Crippen molar-refractivity contribution in [3.8, 4) is 0 Å². The molecule has 1 aromatic carbocycles. The Balaban J connectivity index is 2.38.